The van der Waals surface area contributed by atoms with Crippen molar-refractivity contribution in [3.05, 3.63) is 28.5 Å². The molecule has 0 aliphatic rings. The van der Waals surface area contributed by atoms with E-state index in [1.807, 2.05) is 19.0 Å². The molecular formula is C12H19ClFN3O2S. The van der Waals surface area contributed by atoms with Gasteiger partial charge in [0.1, 0.15) is 10.7 Å². The topological polar surface area (TPSA) is 75.4 Å². The molecule has 1 rings (SSSR count). The molecule has 1 aromatic rings. The Balaban J connectivity index is 2.90. The molecule has 0 unspecified atom stereocenters. The summed E-state index contributed by atoms with van der Waals surface area (Å²) in [5.41, 5.74) is 5.44. The molecule has 5 nitrogen and oxygen atoms in total. The summed E-state index contributed by atoms with van der Waals surface area (Å²) in [6, 6.07) is 2.41. The molecule has 0 heterocycles. The molecule has 0 radical (unpaired) electrons. The number of hydrogen-bond acceptors (Lipinski definition) is 4. The fraction of sp³-hybridized carbons (Fsp3) is 0.500. The van der Waals surface area contributed by atoms with Crippen LogP contribution in [0.5, 0.6) is 0 Å². The van der Waals surface area contributed by atoms with E-state index in [1.54, 1.807) is 0 Å². The van der Waals surface area contributed by atoms with E-state index in [4.69, 9.17) is 17.3 Å². The van der Waals surface area contributed by atoms with Crippen molar-refractivity contribution in [1.29, 1.82) is 0 Å². The predicted octanol–water partition coefficient (Wildman–Crippen LogP) is 1.17. The van der Waals surface area contributed by atoms with Crippen LogP contribution in [0, 0.1) is 5.82 Å². The minimum Gasteiger partial charge on any atom is -0.326 e. The quantitative estimate of drug-likeness (QED) is 0.739. The van der Waals surface area contributed by atoms with Crippen LogP contribution < -0.4 is 10.5 Å². The number of nitrogens with one attached hydrogen (secondary N) is 1. The van der Waals surface area contributed by atoms with Gasteiger partial charge in [-0.25, -0.2) is 17.5 Å². The van der Waals surface area contributed by atoms with Crippen LogP contribution in [-0.2, 0) is 16.6 Å². The van der Waals surface area contributed by atoms with Crippen LogP contribution in [0.3, 0.4) is 0 Å². The molecule has 0 spiro atoms. The molecule has 0 aromatic heterocycles. The molecule has 0 saturated carbocycles. The van der Waals surface area contributed by atoms with Gasteiger partial charge in [0.15, 0.2) is 0 Å². The van der Waals surface area contributed by atoms with Crippen LogP contribution >= 0.6 is 11.6 Å². The second kappa shape index (κ2) is 7.33. The number of halogens is 2. The summed E-state index contributed by atoms with van der Waals surface area (Å²) in [6.45, 7) is 0.842. The van der Waals surface area contributed by atoms with Crippen LogP contribution in [0.15, 0.2) is 17.0 Å². The first-order valence-electron chi connectivity index (χ1n) is 6.10. The van der Waals surface area contributed by atoms with E-state index >= 15 is 0 Å². The third kappa shape index (κ3) is 4.68. The van der Waals surface area contributed by atoms with E-state index in [-0.39, 0.29) is 23.7 Å². The first kappa shape index (κ1) is 17.3. The third-order valence-electron chi connectivity index (χ3n) is 2.66. The Morgan fingerprint density at radius 3 is 2.60 bits per heavy atom. The monoisotopic (exact) mass is 323 g/mol. The van der Waals surface area contributed by atoms with Gasteiger partial charge in [-0.2, -0.15) is 0 Å². The maximum Gasteiger partial charge on any atom is 0.243 e. The van der Waals surface area contributed by atoms with Crippen LogP contribution in [-0.4, -0.2) is 40.5 Å². The fourth-order valence-electron chi connectivity index (χ4n) is 1.64. The summed E-state index contributed by atoms with van der Waals surface area (Å²) in [6.07, 6.45) is 0.623. The number of nitrogens with two attached hydrogens (primary N) is 1. The van der Waals surface area contributed by atoms with Gasteiger partial charge in [-0.1, -0.05) is 11.6 Å². The highest BCUT2D eigenvalue weighted by Gasteiger charge is 2.21. The third-order valence-corrected chi connectivity index (χ3v) is 4.34. The Morgan fingerprint density at radius 1 is 1.40 bits per heavy atom. The highest BCUT2D eigenvalue weighted by molar-refractivity contribution is 7.89. The second-order valence-corrected chi connectivity index (χ2v) is 6.81. The maximum atomic E-state index is 14.0. The van der Waals surface area contributed by atoms with E-state index in [0.29, 0.717) is 6.42 Å². The summed E-state index contributed by atoms with van der Waals surface area (Å²) < 4.78 is 40.5. The smallest absolute Gasteiger partial charge is 0.243 e. The first-order valence-corrected chi connectivity index (χ1v) is 7.96. The van der Waals surface area contributed by atoms with Crippen LogP contribution in [0.1, 0.15) is 12.0 Å². The molecule has 0 aliphatic heterocycles. The Labute approximate surface area is 124 Å². The predicted molar refractivity (Wildman–Crippen MR) is 77.7 cm³/mol. The summed E-state index contributed by atoms with van der Waals surface area (Å²) in [7, 11) is -0.152. The Bertz CT molecular complexity index is 564. The summed E-state index contributed by atoms with van der Waals surface area (Å²) in [4.78, 5) is 1.47. The Kier molecular flexibility index (Phi) is 6.35. The Morgan fingerprint density at radius 2 is 2.05 bits per heavy atom. The summed E-state index contributed by atoms with van der Waals surface area (Å²) >= 11 is 5.79. The average Bonchev–Trinajstić information content (AvgIpc) is 2.36. The number of sulfonamides is 1. The molecule has 3 N–H and O–H groups in total. The van der Waals surface area contributed by atoms with Gasteiger partial charge in [0, 0.05) is 23.7 Å². The summed E-state index contributed by atoms with van der Waals surface area (Å²) in [5.74, 6) is -0.850. The van der Waals surface area contributed by atoms with Crippen LogP contribution in [0.25, 0.3) is 0 Å². The second-order valence-electron chi connectivity index (χ2n) is 4.64. The molecule has 0 amide bonds. The minimum absolute atomic E-state index is 0.0752. The molecular weight excluding hydrogens is 305 g/mol. The average molecular weight is 324 g/mol. The molecule has 0 saturated heterocycles. The zero-order valence-electron chi connectivity index (χ0n) is 11.5. The fourth-order valence-corrected chi connectivity index (χ4v) is 3.17. The number of rotatable bonds is 7. The van der Waals surface area contributed by atoms with Gasteiger partial charge < -0.3 is 10.6 Å². The molecule has 8 heteroatoms. The summed E-state index contributed by atoms with van der Waals surface area (Å²) in [5, 5.41) is 0.139. The normalized spacial score (nSPS) is 12.1. The van der Waals surface area contributed by atoms with Gasteiger partial charge >= 0.3 is 0 Å². The van der Waals surface area contributed by atoms with Gasteiger partial charge in [-0.3, -0.25) is 0 Å². The number of nitrogens with zero attached hydrogens (tertiary/aromatic N) is 1. The van der Waals surface area contributed by atoms with E-state index in [0.717, 1.165) is 12.6 Å². The van der Waals surface area contributed by atoms with Crippen molar-refractivity contribution in [2.24, 2.45) is 5.73 Å². The number of hydrogen-bond donors (Lipinski definition) is 2. The van der Waals surface area contributed by atoms with Gasteiger partial charge in [-0.15, -0.1) is 0 Å². The van der Waals surface area contributed by atoms with Crippen LogP contribution in [0.2, 0.25) is 5.02 Å². The van der Waals surface area contributed by atoms with E-state index in [1.165, 1.54) is 6.07 Å². The van der Waals surface area contributed by atoms with Gasteiger partial charge in [0.25, 0.3) is 0 Å². The zero-order valence-corrected chi connectivity index (χ0v) is 13.1. The lowest BCUT2D eigenvalue weighted by Crippen LogP contribution is -2.28. The molecule has 0 aliphatic carbocycles. The Hall–Kier alpha value is -0.730. The highest BCUT2D eigenvalue weighted by atomic mass is 35.5. The first-order chi connectivity index (χ1) is 9.27. The SMILES string of the molecule is CN(C)CCCNS(=O)(=O)c1cc(Cl)cc(CN)c1F. The molecule has 1 aromatic carbocycles. The van der Waals surface area contributed by atoms with Gasteiger partial charge in [0.05, 0.1) is 0 Å². The van der Waals surface area contributed by atoms with E-state index in [9.17, 15) is 12.8 Å². The lowest BCUT2D eigenvalue weighted by atomic mass is 10.2. The lowest BCUT2D eigenvalue weighted by Gasteiger charge is -2.12. The van der Waals surface area contributed by atoms with Crippen molar-refractivity contribution in [3.8, 4) is 0 Å². The molecule has 0 bridgehead atoms. The van der Waals surface area contributed by atoms with Crippen molar-refractivity contribution < 1.29 is 12.8 Å². The lowest BCUT2D eigenvalue weighted by molar-refractivity contribution is 0.400. The molecule has 0 fully saturated rings. The van der Waals surface area contributed by atoms with Gasteiger partial charge in [0.2, 0.25) is 10.0 Å². The van der Waals surface area contributed by atoms with E-state index < -0.39 is 20.7 Å². The van der Waals surface area contributed by atoms with Crippen molar-refractivity contribution in [2.75, 3.05) is 27.2 Å². The largest absolute Gasteiger partial charge is 0.326 e. The van der Waals surface area contributed by atoms with E-state index in [2.05, 4.69) is 4.72 Å². The standard InChI is InChI=1S/C12H19ClFN3O2S/c1-17(2)5-3-4-16-20(18,19)11-7-10(13)6-9(8-15)12(11)14/h6-7,16H,3-5,8,15H2,1-2H3. The van der Waals surface area contributed by atoms with Gasteiger partial charge in [-0.05, 0) is 39.2 Å². The molecule has 114 valence electrons. The highest BCUT2D eigenvalue weighted by Crippen LogP contribution is 2.23. The molecule has 20 heavy (non-hydrogen) atoms. The van der Waals surface area contributed by atoms with Crippen LogP contribution in [0.4, 0.5) is 4.39 Å². The maximum absolute atomic E-state index is 14.0. The van der Waals surface area contributed by atoms with Crippen molar-refractivity contribution in [2.45, 2.75) is 17.9 Å². The van der Waals surface area contributed by atoms with Crippen molar-refractivity contribution in [3.63, 3.8) is 0 Å². The number of benzene rings is 1. The van der Waals surface area contributed by atoms with Crippen molar-refractivity contribution >= 4 is 21.6 Å². The van der Waals surface area contributed by atoms with Crippen molar-refractivity contribution in [1.82, 2.24) is 9.62 Å². The zero-order chi connectivity index (χ0) is 15.3. The molecule has 0 atom stereocenters. The minimum atomic E-state index is -3.93.